The summed E-state index contributed by atoms with van der Waals surface area (Å²) in [5.41, 5.74) is 2.80. The molecule has 2 rings (SSSR count). The van der Waals surface area contributed by atoms with Crippen molar-refractivity contribution in [3.8, 4) is 0 Å². The molecule has 0 aliphatic heterocycles. The molecule has 0 bridgehead atoms. The Morgan fingerprint density at radius 1 is 0.864 bits per heavy atom. The Morgan fingerprint density at radius 3 is 1.59 bits per heavy atom. The lowest BCUT2D eigenvalue weighted by Gasteiger charge is -2.14. The molecule has 0 amide bonds. The maximum Gasteiger partial charge on any atom is 0.0490 e. The molecule has 0 fully saturated rings. The highest BCUT2D eigenvalue weighted by Gasteiger charge is 2.13. The van der Waals surface area contributed by atoms with E-state index in [0.29, 0.717) is 5.92 Å². The summed E-state index contributed by atoms with van der Waals surface area (Å²) >= 11 is 0. The van der Waals surface area contributed by atoms with E-state index < -0.39 is 0 Å². The lowest BCUT2D eigenvalue weighted by Crippen LogP contribution is -2.11. The standard InChI is InChI=1S/C9H12.C7H12N2.2C2H6/c1-8(2)9-6-4-3-5-7-9;1-7(2,3)6-4-5-8-9-6;2*1-2/h3-8H,1-2H3;4-5H,1-3H3,(H,8,9);2*1-2H3. The van der Waals surface area contributed by atoms with Crippen LogP contribution >= 0.6 is 0 Å². The summed E-state index contributed by atoms with van der Waals surface area (Å²) in [6.07, 6.45) is 1.78. The molecule has 0 saturated heterocycles. The highest BCUT2D eigenvalue weighted by molar-refractivity contribution is 5.17. The lowest BCUT2D eigenvalue weighted by molar-refractivity contribution is 0.567. The number of nitrogens with one attached hydrogen (secondary N) is 1. The summed E-state index contributed by atoms with van der Waals surface area (Å²) in [5, 5.41) is 6.79. The van der Waals surface area contributed by atoms with E-state index in [-0.39, 0.29) is 5.41 Å². The third kappa shape index (κ3) is 10.2. The van der Waals surface area contributed by atoms with E-state index in [0.717, 1.165) is 0 Å². The number of hydrogen-bond donors (Lipinski definition) is 1. The van der Waals surface area contributed by atoms with Gasteiger partial charge in [-0.3, -0.25) is 5.10 Å². The van der Waals surface area contributed by atoms with Gasteiger partial charge >= 0.3 is 0 Å². The van der Waals surface area contributed by atoms with Crippen LogP contribution in [0.2, 0.25) is 0 Å². The van der Waals surface area contributed by atoms with Crippen molar-refractivity contribution in [3.05, 3.63) is 53.9 Å². The van der Waals surface area contributed by atoms with Crippen LogP contribution in [0.4, 0.5) is 0 Å². The molecule has 1 heterocycles. The predicted octanol–water partition coefficient (Wildman–Crippen LogP) is 6.57. The minimum Gasteiger partial charge on any atom is -0.282 e. The molecule has 1 aromatic heterocycles. The fourth-order valence-corrected chi connectivity index (χ4v) is 1.51. The van der Waals surface area contributed by atoms with E-state index in [1.165, 1.54) is 11.3 Å². The van der Waals surface area contributed by atoms with Crippen molar-refractivity contribution in [3.63, 3.8) is 0 Å². The minimum absolute atomic E-state index is 0.205. The molecule has 126 valence electrons. The first-order chi connectivity index (χ1) is 10.4. The third-order valence-electron chi connectivity index (χ3n) is 2.77. The molecule has 0 aliphatic carbocycles. The molecular formula is C20H36N2. The third-order valence-corrected chi connectivity index (χ3v) is 2.77. The normalized spacial score (nSPS) is 9.55. The molecule has 1 aromatic carbocycles. The molecule has 0 radical (unpaired) electrons. The fraction of sp³-hybridized carbons (Fsp3) is 0.550. The van der Waals surface area contributed by atoms with Crippen molar-refractivity contribution < 1.29 is 0 Å². The van der Waals surface area contributed by atoms with Crippen molar-refractivity contribution in [2.75, 3.05) is 0 Å². The number of benzene rings is 1. The molecule has 1 N–H and O–H groups in total. The largest absolute Gasteiger partial charge is 0.282 e. The summed E-state index contributed by atoms with van der Waals surface area (Å²) in [5.74, 6) is 0.659. The van der Waals surface area contributed by atoms with Gasteiger partial charge in [0, 0.05) is 17.3 Å². The van der Waals surface area contributed by atoms with Gasteiger partial charge in [-0.1, -0.05) is 92.6 Å². The smallest absolute Gasteiger partial charge is 0.0490 e. The maximum atomic E-state index is 3.86. The van der Waals surface area contributed by atoms with E-state index in [2.05, 4.69) is 69.1 Å². The molecule has 0 saturated carbocycles. The zero-order valence-electron chi connectivity index (χ0n) is 16.1. The Bertz CT molecular complexity index is 422. The van der Waals surface area contributed by atoms with Crippen molar-refractivity contribution in [1.82, 2.24) is 10.2 Å². The van der Waals surface area contributed by atoms with E-state index >= 15 is 0 Å². The van der Waals surface area contributed by atoms with Gasteiger partial charge in [-0.15, -0.1) is 0 Å². The molecule has 0 atom stereocenters. The quantitative estimate of drug-likeness (QED) is 0.634. The molecule has 0 spiro atoms. The van der Waals surface area contributed by atoms with Crippen LogP contribution in [-0.4, -0.2) is 10.2 Å². The zero-order valence-corrected chi connectivity index (χ0v) is 16.1. The second-order valence-corrected chi connectivity index (χ2v) is 5.79. The summed E-state index contributed by atoms with van der Waals surface area (Å²) in [6, 6.07) is 12.5. The Hall–Kier alpha value is -1.57. The highest BCUT2D eigenvalue weighted by Crippen LogP contribution is 2.18. The number of aromatic amines is 1. The van der Waals surface area contributed by atoms with Crippen LogP contribution in [0.5, 0.6) is 0 Å². The summed E-state index contributed by atoms with van der Waals surface area (Å²) in [6.45, 7) is 18.9. The van der Waals surface area contributed by atoms with Crippen LogP contribution < -0.4 is 0 Å². The van der Waals surface area contributed by atoms with Crippen molar-refractivity contribution in [2.24, 2.45) is 0 Å². The van der Waals surface area contributed by atoms with Crippen molar-refractivity contribution >= 4 is 0 Å². The molecule has 22 heavy (non-hydrogen) atoms. The van der Waals surface area contributed by atoms with Gasteiger partial charge in [0.25, 0.3) is 0 Å². The maximum absolute atomic E-state index is 3.86. The summed E-state index contributed by atoms with van der Waals surface area (Å²) in [7, 11) is 0. The molecule has 0 aliphatic rings. The van der Waals surface area contributed by atoms with Crippen LogP contribution in [-0.2, 0) is 5.41 Å². The van der Waals surface area contributed by atoms with Crippen LogP contribution in [0, 0.1) is 0 Å². The van der Waals surface area contributed by atoms with Crippen LogP contribution in [0.1, 0.15) is 79.5 Å². The van der Waals surface area contributed by atoms with Crippen molar-refractivity contribution in [2.45, 2.75) is 73.6 Å². The first-order valence-electron chi connectivity index (χ1n) is 8.46. The molecule has 2 aromatic rings. The Balaban J connectivity index is 0. The van der Waals surface area contributed by atoms with Gasteiger partial charge in [-0.05, 0) is 17.5 Å². The first-order valence-corrected chi connectivity index (χ1v) is 8.46. The first kappa shape index (κ1) is 22.7. The Kier molecular flexibility index (Phi) is 13.5. The second kappa shape index (κ2) is 13.1. The fourth-order valence-electron chi connectivity index (χ4n) is 1.51. The number of nitrogens with zero attached hydrogens (tertiary/aromatic N) is 1. The van der Waals surface area contributed by atoms with E-state index in [1.54, 1.807) is 6.20 Å². The molecule has 2 nitrogen and oxygen atoms in total. The summed E-state index contributed by atoms with van der Waals surface area (Å²) < 4.78 is 0. The van der Waals surface area contributed by atoms with Crippen molar-refractivity contribution in [1.29, 1.82) is 0 Å². The number of H-pyrrole nitrogens is 1. The van der Waals surface area contributed by atoms with Crippen LogP contribution in [0.15, 0.2) is 42.6 Å². The molecule has 0 unspecified atom stereocenters. The second-order valence-electron chi connectivity index (χ2n) is 5.79. The summed E-state index contributed by atoms with van der Waals surface area (Å²) in [4.78, 5) is 0. The van der Waals surface area contributed by atoms with Gasteiger partial charge in [-0.25, -0.2) is 0 Å². The Morgan fingerprint density at radius 2 is 1.36 bits per heavy atom. The van der Waals surface area contributed by atoms with Gasteiger partial charge in [0.1, 0.15) is 0 Å². The van der Waals surface area contributed by atoms with Gasteiger partial charge in [0.15, 0.2) is 0 Å². The van der Waals surface area contributed by atoms with Crippen LogP contribution in [0.3, 0.4) is 0 Å². The van der Waals surface area contributed by atoms with Gasteiger partial charge in [0.05, 0.1) is 0 Å². The average molecular weight is 305 g/mol. The van der Waals surface area contributed by atoms with Gasteiger partial charge in [-0.2, -0.15) is 5.10 Å². The lowest BCUT2D eigenvalue weighted by atomic mass is 9.93. The van der Waals surface area contributed by atoms with E-state index in [1.807, 2.05) is 39.8 Å². The average Bonchev–Trinajstić information content (AvgIpc) is 3.07. The van der Waals surface area contributed by atoms with E-state index in [9.17, 15) is 0 Å². The number of aromatic nitrogens is 2. The molecular weight excluding hydrogens is 268 g/mol. The number of rotatable bonds is 1. The number of hydrogen-bond acceptors (Lipinski definition) is 1. The van der Waals surface area contributed by atoms with Gasteiger partial charge < -0.3 is 0 Å². The van der Waals surface area contributed by atoms with Crippen LogP contribution in [0.25, 0.3) is 0 Å². The predicted molar refractivity (Wildman–Crippen MR) is 101 cm³/mol. The highest BCUT2D eigenvalue weighted by atomic mass is 15.1. The van der Waals surface area contributed by atoms with E-state index in [4.69, 9.17) is 0 Å². The Labute approximate surface area is 138 Å². The van der Waals surface area contributed by atoms with Gasteiger partial charge in [0.2, 0.25) is 0 Å². The minimum atomic E-state index is 0.205. The monoisotopic (exact) mass is 304 g/mol. The molecule has 2 heteroatoms. The topological polar surface area (TPSA) is 28.7 Å². The zero-order chi connectivity index (χ0) is 17.6. The SMILES string of the molecule is CC.CC.CC(C)(C)c1ccn[nH]1.CC(C)c1ccccc1.